The monoisotopic (exact) mass is 1560 g/mol. The first-order valence-corrected chi connectivity index (χ1v) is 43.6. The standard InChI is InChI=1S/C114H38N4O6/c1-2-122-110(120)114(111(121)124-33-13-12-32-123-109(119)38-22-20-37(21-23-38)50-45-30-28-43(117-45)48(35-16-8-4-9-17-35)41-26-24-39(115-41)47(34-14-6-3-7-15-34)40-25-27-42(116-40)49(36-18-10-5-11-19-36)44-29-31-46(50)118-44)112-105-97-89-79-69-61-53-51-52-55-59-57(53)65-73-67(59)77-71-63(55)64-56(52)60-58-54(51)62(61)70-76-66(58)74-68(60)78-72(64)82-81(71)91-85(77)95-87(73)93(83(89)75(65)69)101(105)103(95)107-99(91)100-92(82)86(78)96-88(74)94-84(76)90(80(70)79)98(97)106(112)102(94)104(96)108(100)113(107,112)114/h3-11,14-31,115,118H,2,32-33H2,1H3. The highest BCUT2D eigenvalue weighted by molar-refractivity contribution is 6.83. The normalized spacial score (nSPS) is 18.8. The predicted molar refractivity (Wildman–Crippen MR) is 503 cm³/mol. The van der Waals surface area contributed by atoms with Crippen molar-refractivity contribution in [1.29, 1.82) is 0 Å². The Bertz CT molecular complexity index is 10700. The average Bonchev–Trinajstić information content (AvgIpc) is 1.35. The van der Waals surface area contributed by atoms with Gasteiger partial charge in [-0.1, -0.05) is 115 Å². The van der Waals surface area contributed by atoms with Crippen LogP contribution in [0.4, 0.5) is 0 Å². The molecule has 7 aliphatic rings. The summed E-state index contributed by atoms with van der Waals surface area (Å²) in [5.74, 6) is 4.66. The molecule has 32 aromatic carbocycles. The van der Waals surface area contributed by atoms with E-state index in [1.807, 2.05) is 37.3 Å². The maximum Gasteiger partial charge on any atom is 0.339 e. The third-order valence-corrected chi connectivity index (χ3v) is 35.3. The molecule has 0 atom stereocenters. The van der Waals surface area contributed by atoms with Gasteiger partial charge in [0.25, 0.3) is 0 Å². The molecule has 0 amide bonds. The van der Waals surface area contributed by atoms with Crippen LogP contribution in [0.2, 0.25) is 0 Å². The zero-order valence-electron chi connectivity index (χ0n) is 64.6. The van der Waals surface area contributed by atoms with Crippen molar-refractivity contribution in [3.05, 3.63) is 190 Å². The molecule has 124 heavy (non-hydrogen) atoms. The number of aromatic amines is 2. The summed E-state index contributed by atoms with van der Waals surface area (Å²) in [5.41, 5.74) is 14.9. The van der Waals surface area contributed by atoms with E-state index < -0.39 is 34.2 Å². The topological polar surface area (TPSA) is 136 Å². The van der Waals surface area contributed by atoms with E-state index in [2.05, 4.69) is 143 Å². The molecule has 1 saturated carbocycles. The SMILES string of the molecule is CCOC(=O)C1(C(=O)OCC#CCOC(=O)c2ccc(-c3c4nc(c(-c5ccccc5)c5ccc([nH]5)c(-c5ccccc5)c5nc(c(-c6ccccc6)c6ccc3[nH]6)C=C5)C=C4)cc2)C23c4c5c6c7c8c9c(c%10c%11c2c2c4c4c%12c5c5c6c6c8c8c%13c9c9c%10c%10c%11c%11c2c2c4c4c%12c%12c5c5c6c8c6c8c%13c9c9c%10c%10c%11c2c2c4c4c%12c5c6c5c8c9c%10c2c45)C713. The highest BCUT2D eigenvalue weighted by Crippen LogP contribution is 2.97. The van der Waals surface area contributed by atoms with Crippen LogP contribution >= 0.6 is 0 Å². The summed E-state index contributed by atoms with van der Waals surface area (Å²) in [4.78, 5) is 68.5. The van der Waals surface area contributed by atoms with Crippen LogP contribution in [0.1, 0.15) is 62.3 Å². The number of ether oxygens (including phenoxy) is 3. The van der Waals surface area contributed by atoms with Crippen molar-refractivity contribution >= 4 is 355 Å². The Hall–Kier alpha value is -16.1. The van der Waals surface area contributed by atoms with Gasteiger partial charge in [0.2, 0.25) is 0 Å². The van der Waals surface area contributed by atoms with Gasteiger partial charge in [0.05, 0.1) is 45.8 Å². The zero-order chi connectivity index (χ0) is 78.1. The number of nitrogens with one attached hydrogen (secondary N) is 2. The number of carbonyl (C=O) groups excluding carboxylic acids is 3. The van der Waals surface area contributed by atoms with Crippen molar-refractivity contribution in [2.75, 3.05) is 19.8 Å². The Morgan fingerprint density at radius 3 is 0.726 bits per heavy atom. The highest BCUT2D eigenvalue weighted by Gasteiger charge is 3.01. The Morgan fingerprint density at radius 1 is 0.266 bits per heavy atom. The maximum absolute atomic E-state index is 17.8. The molecule has 3 aromatic heterocycles. The third kappa shape index (κ3) is 4.33. The lowest BCUT2D eigenvalue weighted by Gasteiger charge is -2.32. The second-order valence-electron chi connectivity index (χ2n) is 38.4. The molecule has 2 N–H and O–H groups in total. The van der Waals surface area contributed by atoms with Crippen molar-refractivity contribution < 1.29 is 28.6 Å². The van der Waals surface area contributed by atoms with Crippen LogP contribution in [0.5, 0.6) is 0 Å². The van der Waals surface area contributed by atoms with Crippen LogP contribution in [-0.2, 0) is 34.6 Å². The minimum atomic E-state index is -1.92. The Balaban J connectivity index is 0.501. The smallest absolute Gasteiger partial charge is 0.339 e. The lowest BCUT2D eigenvalue weighted by atomic mass is 9.68. The van der Waals surface area contributed by atoms with Crippen LogP contribution in [0, 0.1) is 17.3 Å². The van der Waals surface area contributed by atoms with Crippen molar-refractivity contribution in [1.82, 2.24) is 19.9 Å². The van der Waals surface area contributed by atoms with Crippen molar-refractivity contribution in [2.24, 2.45) is 5.41 Å². The number of nitrogens with zero attached hydrogens (tertiary/aromatic N) is 2. The van der Waals surface area contributed by atoms with Gasteiger partial charge in [-0.3, -0.25) is 9.59 Å². The maximum atomic E-state index is 17.8. The zero-order valence-corrected chi connectivity index (χ0v) is 64.6. The Kier molecular flexibility index (Phi) is 7.21. The lowest BCUT2D eigenvalue weighted by Crippen LogP contribution is -2.38. The first-order chi connectivity index (χ1) is 61.4. The van der Waals surface area contributed by atoms with Gasteiger partial charge in [0, 0.05) is 44.3 Å². The molecule has 35 aromatic rings. The van der Waals surface area contributed by atoms with Crippen LogP contribution in [0.25, 0.3) is 382 Å². The van der Waals surface area contributed by atoms with E-state index in [1.54, 1.807) is 12.1 Å². The van der Waals surface area contributed by atoms with E-state index in [1.165, 1.54) is 313 Å². The van der Waals surface area contributed by atoms with E-state index in [0.29, 0.717) is 5.56 Å². The molecular formula is C114H38N4O6. The van der Waals surface area contributed by atoms with E-state index in [9.17, 15) is 4.79 Å². The number of hydrogen-bond acceptors (Lipinski definition) is 8. The summed E-state index contributed by atoms with van der Waals surface area (Å²) >= 11 is 0. The number of fused-ring (bicyclic) bond motifs is 8. The minimum Gasteiger partial charge on any atom is -0.465 e. The number of aromatic nitrogens is 4. The van der Waals surface area contributed by atoms with Crippen LogP contribution < -0.4 is 0 Å². The summed E-state index contributed by atoms with van der Waals surface area (Å²) in [7, 11) is 0. The number of rotatable bonds is 10. The molecule has 42 rings (SSSR count). The van der Waals surface area contributed by atoms with Gasteiger partial charge < -0.3 is 24.2 Å². The van der Waals surface area contributed by atoms with Gasteiger partial charge in [0.15, 0.2) is 18.6 Å². The van der Waals surface area contributed by atoms with Crippen LogP contribution in [0.3, 0.4) is 0 Å². The van der Waals surface area contributed by atoms with E-state index in [4.69, 9.17) is 24.2 Å². The summed E-state index contributed by atoms with van der Waals surface area (Å²) < 4.78 is 20.0. The largest absolute Gasteiger partial charge is 0.465 e. The first-order valence-electron chi connectivity index (χ1n) is 43.6. The van der Waals surface area contributed by atoms with Crippen LogP contribution in [0.15, 0.2) is 140 Å². The quantitative estimate of drug-likeness (QED) is 0.0454. The molecule has 2 spiro atoms. The van der Waals surface area contributed by atoms with Crippen molar-refractivity contribution in [2.45, 2.75) is 17.8 Å². The molecule has 10 heteroatoms. The van der Waals surface area contributed by atoms with E-state index in [0.717, 1.165) is 89.4 Å². The molecule has 0 radical (unpaired) electrons. The molecule has 2 aliphatic heterocycles. The fourth-order valence-electron chi connectivity index (χ4n) is 33.0. The molecule has 8 bridgehead atoms. The average molecular weight is 1560 g/mol. The molecule has 5 aliphatic carbocycles. The molecule has 0 saturated heterocycles. The van der Waals surface area contributed by atoms with E-state index >= 15 is 9.59 Å². The second kappa shape index (κ2) is 15.9. The molecule has 1 fully saturated rings. The van der Waals surface area contributed by atoms with Gasteiger partial charge in [-0.25, -0.2) is 14.8 Å². The molecule has 0 unspecified atom stereocenters. The summed E-state index contributed by atoms with van der Waals surface area (Å²) in [6.45, 7) is 1.37. The summed E-state index contributed by atoms with van der Waals surface area (Å²) in [5, 5.41) is 76.7. The molecule has 5 heterocycles. The second-order valence-corrected chi connectivity index (χ2v) is 38.4. The third-order valence-electron chi connectivity index (χ3n) is 35.3. The fourth-order valence-corrected chi connectivity index (χ4v) is 33.0. The highest BCUT2D eigenvalue weighted by atomic mass is 16.6. The number of H-pyrrole nitrogens is 2. The predicted octanol–water partition coefficient (Wildman–Crippen LogP) is 26.9. The Labute approximate surface area is 688 Å². The fraction of sp³-hybridized carbons (Fsp3) is 0.0614. The van der Waals surface area contributed by atoms with Crippen LogP contribution in [-0.4, -0.2) is 57.7 Å². The van der Waals surface area contributed by atoms with Gasteiger partial charge >= 0.3 is 17.9 Å². The van der Waals surface area contributed by atoms with Crippen molar-refractivity contribution in [3.63, 3.8) is 0 Å². The minimum absolute atomic E-state index is 0.0796. The summed E-state index contributed by atoms with van der Waals surface area (Å²) in [6, 6.07) is 47.2. The van der Waals surface area contributed by atoms with Gasteiger partial charge in [-0.05, 0) is 403 Å². The number of hydrogen-bond donors (Lipinski definition) is 2. The first kappa shape index (κ1) is 56.4. The lowest BCUT2D eigenvalue weighted by molar-refractivity contribution is -0.165. The number of carbonyl (C=O) groups is 3. The number of esters is 3. The van der Waals surface area contributed by atoms with Gasteiger partial charge in [0.1, 0.15) is 0 Å². The molecule has 10 nitrogen and oxygen atoms in total. The molecule has 550 valence electrons. The van der Waals surface area contributed by atoms with E-state index in [-0.39, 0.29) is 19.8 Å². The van der Waals surface area contributed by atoms with Gasteiger partial charge in [-0.2, -0.15) is 0 Å². The number of benzene rings is 22. The Morgan fingerprint density at radius 2 is 0.484 bits per heavy atom. The molecular weight excluding hydrogens is 1520 g/mol. The van der Waals surface area contributed by atoms with Crippen molar-refractivity contribution in [3.8, 4) is 56.3 Å². The van der Waals surface area contributed by atoms with Gasteiger partial charge in [-0.15, -0.1) is 0 Å². The summed E-state index contributed by atoms with van der Waals surface area (Å²) in [6.07, 6.45) is 8.39.